The maximum atomic E-state index is 12.2. The average Bonchev–Trinajstić information content (AvgIpc) is 2.97. The standard InChI is InChI=1S/C17H11NO3S/c19-17-11(9-10-5-1-3-7-13(10)21-17)15(22)16-18-12-6-2-4-8-14(12)20-16/h1-9,15,22H. The van der Waals surface area contributed by atoms with Gasteiger partial charge in [-0.25, -0.2) is 9.78 Å². The Balaban J connectivity index is 1.86. The SMILES string of the molecule is O=c1oc2ccccc2cc1C(S)c1nc2ccccc2o1. The monoisotopic (exact) mass is 309 g/mol. The number of oxazole rings is 1. The highest BCUT2D eigenvalue weighted by Gasteiger charge is 2.21. The number of rotatable bonds is 2. The van der Waals surface area contributed by atoms with E-state index in [4.69, 9.17) is 8.83 Å². The van der Waals surface area contributed by atoms with Crippen molar-refractivity contribution in [3.63, 3.8) is 0 Å². The number of aromatic nitrogens is 1. The van der Waals surface area contributed by atoms with Gasteiger partial charge in [0.25, 0.3) is 0 Å². The Morgan fingerprint density at radius 2 is 1.68 bits per heavy atom. The van der Waals surface area contributed by atoms with Crippen molar-refractivity contribution in [3.8, 4) is 0 Å². The molecule has 4 nitrogen and oxygen atoms in total. The van der Waals surface area contributed by atoms with Gasteiger partial charge in [-0.15, -0.1) is 0 Å². The van der Waals surface area contributed by atoms with Gasteiger partial charge in [-0.3, -0.25) is 0 Å². The summed E-state index contributed by atoms with van der Waals surface area (Å²) in [5, 5.41) is 0.264. The van der Waals surface area contributed by atoms with Crippen LogP contribution in [-0.2, 0) is 0 Å². The van der Waals surface area contributed by atoms with Crippen molar-refractivity contribution in [2.45, 2.75) is 5.25 Å². The molecule has 0 bridgehead atoms. The minimum absolute atomic E-state index is 0.382. The predicted molar refractivity (Wildman–Crippen MR) is 87.3 cm³/mol. The van der Waals surface area contributed by atoms with Crippen LogP contribution in [0.1, 0.15) is 16.7 Å². The lowest BCUT2D eigenvalue weighted by molar-refractivity contribution is 0.521. The van der Waals surface area contributed by atoms with Gasteiger partial charge in [0.15, 0.2) is 5.58 Å². The molecular formula is C17H11NO3S. The number of benzene rings is 2. The Labute approximate surface area is 130 Å². The zero-order valence-electron chi connectivity index (χ0n) is 11.4. The molecule has 4 aromatic rings. The molecule has 0 amide bonds. The zero-order chi connectivity index (χ0) is 15.1. The fraction of sp³-hybridized carbons (Fsp3) is 0.0588. The average molecular weight is 309 g/mol. The molecule has 108 valence electrons. The number of fused-ring (bicyclic) bond motifs is 2. The Hall–Kier alpha value is -2.53. The lowest BCUT2D eigenvalue weighted by Gasteiger charge is -2.06. The first-order chi connectivity index (χ1) is 10.7. The van der Waals surface area contributed by atoms with E-state index in [2.05, 4.69) is 17.6 Å². The predicted octanol–water partition coefficient (Wildman–Crippen LogP) is 3.95. The Bertz CT molecular complexity index is 1000. The van der Waals surface area contributed by atoms with Crippen LogP contribution >= 0.6 is 12.6 Å². The van der Waals surface area contributed by atoms with E-state index in [1.165, 1.54) is 0 Å². The molecule has 0 fully saturated rings. The third kappa shape index (κ3) is 2.10. The first-order valence-corrected chi connectivity index (χ1v) is 7.30. The van der Waals surface area contributed by atoms with E-state index in [-0.39, 0.29) is 0 Å². The third-order valence-electron chi connectivity index (χ3n) is 3.51. The zero-order valence-corrected chi connectivity index (χ0v) is 12.3. The van der Waals surface area contributed by atoms with Crippen LogP contribution < -0.4 is 5.63 Å². The van der Waals surface area contributed by atoms with E-state index in [0.29, 0.717) is 22.6 Å². The van der Waals surface area contributed by atoms with Gasteiger partial charge < -0.3 is 8.83 Å². The largest absolute Gasteiger partial charge is 0.439 e. The normalized spacial score (nSPS) is 12.8. The summed E-state index contributed by atoms with van der Waals surface area (Å²) >= 11 is 4.50. The van der Waals surface area contributed by atoms with Gasteiger partial charge >= 0.3 is 5.63 Å². The maximum absolute atomic E-state index is 12.2. The highest BCUT2D eigenvalue weighted by atomic mass is 32.1. The summed E-state index contributed by atoms with van der Waals surface area (Å²) in [6.45, 7) is 0. The second-order valence-corrected chi connectivity index (χ2v) is 5.47. The van der Waals surface area contributed by atoms with Crippen LogP contribution in [0.3, 0.4) is 0 Å². The second-order valence-electron chi connectivity index (χ2n) is 4.95. The van der Waals surface area contributed by atoms with Crippen molar-refractivity contribution in [1.29, 1.82) is 0 Å². The van der Waals surface area contributed by atoms with Crippen molar-refractivity contribution < 1.29 is 8.83 Å². The van der Waals surface area contributed by atoms with Crippen molar-refractivity contribution >= 4 is 34.7 Å². The molecular weight excluding hydrogens is 298 g/mol. The van der Waals surface area contributed by atoms with Crippen LogP contribution in [-0.4, -0.2) is 4.98 Å². The van der Waals surface area contributed by atoms with Gasteiger partial charge in [0.05, 0.1) is 5.56 Å². The molecule has 0 aliphatic carbocycles. The molecule has 22 heavy (non-hydrogen) atoms. The Morgan fingerprint density at radius 1 is 0.955 bits per heavy atom. The fourth-order valence-electron chi connectivity index (χ4n) is 2.41. The molecule has 2 aromatic heterocycles. The molecule has 0 aliphatic rings. The van der Waals surface area contributed by atoms with Crippen molar-refractivity contribution in [3.05, 3.63) is 76.5 Å². The van der Waals surface area contributed by atoms with Gasteiger partial charge in [0.1, 0.15) is 16.3 Å². The number of hydrogen-bond acceptors (Lipinski definition) is 5. The lowest BCUT2D eigenvalue weighted by Crippen LogP contribution is -2.10. The maximum Gasteiger partial charge on any atom is 0.341 e. The summed E-state index contributed by atoms with van der Waals surface area (Å²) < 4.78 is 11.0. The molecule has 4 rings (SSSR count). The summed E-state index contributed by atoms with van der Waals surface area (Å²) in [7, 11) is 0. The molecule has 2 heterocycles. The van der Waals surface area contributed by atoms with Crippen LogP contribution in [0.5, 0.6) is 0 Å². The minimum atomic E-state index is -0.576. The van der Waals surface area contributed by atoms with Gasteiger partial charge in [0, 0.05) is 5.39 Å². The Morgan fingerprint density at radius 3 is 2.50 bits per heavy atom. The number of para-hydroxylation sites is 3. The van der Waals surface area contributed by atoms with Crippen molar-refractivity contribution in [2.75, 3.05) is 0 Å². The molecule has 0 spiro atoms. The van der Waals surface area contributed by atoms with E-state index >= 15 is 0 Å². The molecule has 2 aromatic carbocycles. The van der Waals surface area contributed by atoms with E-state index in [1.807, 2.05) is 42.5 Å². The van der Waals surface area contributed by atoms with Crippen molar-refractivity contribution in [2.24, 2.45) is 0 Å². The number of nitrogens with zero attached hydrogens (tertiary/aromatic N) is 1. The summed E-state index contributed by atoms with van der Waals surface area (Å²) in [5.74, 6) is 0.382. The minimum Gasteiger partial charge on any atom is -0.439 e. The summed E-state index contributed by atoms with van der Waals surface area (Å²) in [6, 6.07) is 16.6. The van der Waals surface area contributed by atoms with E-state index in [9.17, 15) is 4.79 Å². The quantitative estimate of drug-likeness (QED) is 0.450. The van der Waals surface area contributed by atoms with Gasteiger partial charge in [-0.2, -0.15) is 12.6 Å². The van der Waals surface area contributed by atoms with Crippen LogP contribution in [0.2, 0.25) is 0 Å². The van der Waals surface area contributed by atoms with Gasteiger partial charge in [-0.1, -0.05) is 30.3 Å². The summed E-state index contributed by atoms with van der Waals surface area (Å²) in [5.41, 5.74) is 1.94. The highest BCUT2D eigenvalue weighted by Crippen LogP contribution is 2.29. The second kappa shape index (κ2) is 5.03. The first kappa shape index (κ1) is 13.2. The topological polar surface area (TPSA) is 56.2 Å². The summed E-state index contributed by atoms with van der Waals surface area (Å²) in [4.78, 5) is 16.6. The van der Waals surface area contributed by atoms with E-state index in [1.54, 1.807) is 12.1 Å². The summed E-state index contributed by atoms with van der Waals surface area (Å²) in [6.07, 6.45) is 0. The fourth-order valence-corrected chi connectivity index (χ4v) is 2.70. The first-order valence-electron chi connectivity index (χ1n) is 6.79. The Kier molecular flexibility index (Phi) is 3.01. The smallest absolute Gasteiger partial charge is 0.341 e. The highest BCUT2D eigenvalue weighted by molar-refractivity contribution is 7.80. The molecule has 0 aliphatic heterocycles. The molecule has 0 radical (unpaired) electrons. The molecule has 1 atom stereocenters. The molecule has 0 saturated carbocycles. The molecule has 1 unspecified atom stereocenters. The van der Waals surface area contributed by atoms with E-state index in [0.717, 1.165) is 10.9 Å². The van der Waals surface area contributed by atoms with Crippen molar-refractivity contribution in [1.82, 2.24) is 4.98 Å². The number of hydrogen-bond donors (Lipinski definition) is 1. The van der Waals surface area contributed by atoms with Crippen LogP contribution in [0.4, 0.5) is 0 Å². The third-order valence-corrected chi connectivity index (χ3v) is 4.01. The van der Waals surface area contributed by atoms with Crippen LogP contribution in [0, 0.1) is 0 Å². The molecule has 0 saturated heterocycles. The number of thiol groups is 1. The van der Waals surface area contributed by atoms with E-state index < -0.39 is 10.9 Å². The molecule has 0 N–H and O–H groups in total. The van der Waals surface area contributed by atoms with Crippen LogP contribution in [0.15, 0.2) is 68.2 Å². The molecule has 5 heteroatoms. The van der Waals surface area contributed by atoms with Gasteiger partial charge in [-0.05, 0) is 24.3 Å². The lowest BCUT2D eigenvalue weighted by atomic mass is 10.1. The van der Waals surface area contributed by atoms with Crippen LogP contribution in [0.25, 0.3) is 22.1 Å². The van der Waals surface area contributed by atoms with Gasteiger partial charge in [0.2, 0.25) is 5.89 Å².